The Labute approximate surface area is 86.1 Å². The molecule has 1 aromatic rings. The van der Waals surface area contributed by atoms with Gasteiger partial charge in [0.05, 0.1) is 13.2 Å². The molecule has 78 valence electrons. The van der Waals surface area contributed by atoms with Crippen molar-refractivity contribution < 1.29 is 4.74 Å². The molecule has 1 heterocycles. The van der Waals surface area contributed by atoms with Crippen molar-refractivity contribution in [2.75, 3.05) is 13.7 Å². The Bertz CT molecular complexity index is 307. The molecule has 14 heavy (non-hydrogen) atoms. The predicted molar refractivity (Wildman–Crippen MR) is 59.4 cm³/mol. The fourth-order valence-electron chi connectivity index (χ4n) is 1.87. The van der Waals surface area contributed by atoms with Gasteiger partial charge in [-0.2, -0.15) is 0 Å². The smallest absolute Gasteiger partial charge is 0.0722 e. The normalized spacial score (nSPS) is 14.0. The molecule has 0 atom stereocenters. The number of hydrogen-bond acceptors (Lipinski definition) is 2. The predicted octanol–water partition coefficient (Wildman–Crippen LogP) is 1.95. The lowest BCUT2D eigenvalue weighted by molar-refractivity contribution is 0.110. The van der Waals surface area contributed by atoms with Crippen molar-refractivity contribution in [3.63, 3.8) is 0 Å². The molecule has 0 bridgehead atoms. The zero-order chi connectivity index (χ0) is 10.6. The van der Waals surface area contributed by atoms with Crippen molar-refractivity contribution in [3.05, 3.63) is 34.4 Å². The van der Waals surface area contributed by atoms with E-state index in [1.807, 2.05) is 0 Å². The maximum absolute atomic E-state index is 5.42. The van der Waals surface area contributed by atoms with Gasteiger partial charge in [0, 0.05) is 0 Å². The fraction of sp³-hybridized carbons (Fsp3) is 0.500. The molecule has 0 fully saturated rings. The van der Waals surface area contributed by atoms with E-state index in [9.17, 15) is 0 Å². The van der Waals surface area contributed by atoms with E-state index >= 15 is 0 Å². The number of ether oxygens (including phenoxy) is 1. The Hall–Kier alpha value is -0.860. The summed E-state index contributed by atoms with van der Waals surface area (Å²) >= 11 is 0. The maximum Gasteiger partial charge on any atom is 0.0722 e. The van der Waals surface area contributed by atoms with Crippen molar-refractivity contribution in [1.82, 2.24) is 0 Å². The van der Waals surface area contributed by atoms with Crippen LogP contribution in [0.1, 0.15) is 22.3 Å². The van der Waals surface area contributed by atoms with Crippen LogP contribution in [0.25, 0.3) is 0 Å². The van der Waals surface area contributed by atoms with E-state index in [-0.39, 0.29) is 0 Å². The van der Waals surface area contributed by atoms with Crippen molar-refractivity contribution in [2.24, 2.45) is 5.73 Å². The molecular weight excluding hydrogens is 174 g/mol. The van der Waals surface area contributed by atoms with Crippen LogP contribution in [-0.2, 0) is 17.8 Å². The Morgan fingerprint density at radius 2 is 1.93 bits per heavy atom. The van der Waals surface area contributed by atoms with Gasteiger partial charge in [-0.15, -0.1) is 0 Å². The van der Waals surface area contributed by atoms with Crippen molar-refractivity contribution in [3.8, 4) is 0 Å². The molecule has 2 N–H and O–H groups in total. The molecule has 0 amide bonds. The van der Waals surface area contributed by atoms with E-state index in [0.29, 0.717) is 0 Å². The second kappa shape index (κ2) is 5.13. The van der Waals surface area contributed by atoms with Gasteiger partial charge in [0.25, 0.3) is 0 Å². The third kappa shape index (κ3) is 2.34. The van der Waals surface area contributed by atoms with Gasteiger partial charge in [-0.25, -0.2) is 0 Å². The monoisotopic (exact) mass is 193 g/mol. The molecular formula is C12H19NO. The highest BCUT2D eigenvalue weighted by Gasteiger charge is 2.11. The van der Waals surface area contributed by atoms with Crippen LogP contribution < -0.4 is 5.73 Å². The quantitative estimate of drug-likeness (QED) is 0.683. The van der Waals surface area contributed by atoms with E-state index in [2.05, 4.69) is 31.7 Å². The van der Waals surface area contributed by atoms with Crippen LogP contribution in [0, 0.1) is 13.8 Å². The van der Waals surface area contributed by atoms with Crippen molar-refractivity contribution in [2.45, 2.75) is 26.9 Å². The largest absolute Gasteiger partial charge is 0.376 e. The topological polar surface area (TPSA) is 35.2 Å². The third-order valence-corrected chi connectivity index (χ3v) is 2.47. The van der Waals surface area contributed by atoms with Crippen molar-refractivity contribution >= 4 is 0 Å². The lowest BCUT2D eigenvalue weighted by atomic mass is 9.96. The van der Waals surface area contributed by atoms with Gasteiger partial charge in [0.1, 0.15) is 0 Å². The Balaban J connectivity index is 0.000000461. The van der Waals surface area contributed by atoms with Crippen LogP contribution in [0.5, 0.6) is 0 Å². The molecule has 0 aliphatic carbocycles. The molecule has 1 aromatic carbocycles. The summed E-state index contributed by atoms with van der Waals surface area (Å²) in [5.74, 6) is 0. The number of benzene rings is 1. The molecule has 1 aliphatic heterocycles. The summed E-state index contributed by atoms with van der Waals surface area (Å²) in [5.41, 5.74) is 10.1. The van der Waals surface area contributed by atoms with Crippen LogP contribution in [0.15, 0.2) is 12.1 Å². The Kier molecular flexibility index (Phi) is 4.11. The highest BCUT2D eigenvalue weighted by Crippen LogP contribution is 2.21. The highest BCUT2D eigenvalue weighted by atomic mass is 16.5. The summed E-state index contributed by atoms with van der Waals surface area (Å²) in [5, 5.41) is 0. The standard InChI is InChI=1S/C11H14O.CH5N/c1-8-5-9(2)11-7-12-4-3-10(11)6-8;1-2/h5-6H,3-4,7H2,1-2H3;2H2,1H3. The van der Waals surface area contributed by atoms with Crippen LogP contribution in [0.2, 0.25) is 0 Å². The molecule has 0 unspecified atom stereocenters. The first-order valence-corrected chi connectivity index (χ1v) is 5.02. The van der Waals surface area contributed by atoms with Crippen LogP contribution in [-0.4, -0.2) is 13.7 Å². The Morgan fingerprint density at radius 3 is 2.64 bits per heavy atom. The second-order valence-electron chi connectivity index (χ2n) is 3.52. The van der Waals surface area contributed by atoms with Gasteiger partial charge in [-0.1, -0.05) is 17.7 Å². The summed E-state index contributed by atoms with van der Waals surface area (Å²) in [6, 6.07) is 4.51. The van der Waals surface area contributed by atoms with Gasteiger partial charge in [0.2, 0.25) is 0 Å². The highest BCUT2D eigenvalue weighted by molar-refractivity contribution is 5.38. The zero-order valence-corrected chi connectivity index (χ0v) is 9.26. The molecule has 0 aromatic heterocycles. The molecule has 0 saturated carbocycles. The lowest BCUT2D eigenvalue weighted by Gasteiger charge is -2.19. The molecule has 2 heteroatoms. The minimum atomic E-state index is 0.807. The number of nitrogens with two attached hydrogens (primary N) is 1. The molecule has 2 nitrogen and oxygen atoms in total. The lowest BCUT2D eigenvalue weighted by Crippen LogP contribution is -2.11. The van der Waals surface area contributed by atoms with Gasteiger partial charge in [-0.3, -0.25) is 0 Å². The molecule has 0 spiro atoms. The van der Waals surface area contributed by atoms with E-state index in [0.717, 1.165) is 19.6 Å². The van der Waals surface area contributed by atoms with E-state index in [1.165, 1.54) is 29.3 Å². The van der Waals surface area contributed by atoms with E-state index < -0.39 is 0 Å². The number of hydrogen-bond donors (Lipinski definition) is 1. The first-order valence-electron chi connectivity index (χ1n) is 5.02. The third-order valence-electron chi connectivity index (χ3n) is 2.47. The number of aryl methyl sites for hydroxylation is 2. The maximum atomic E-state index is 5.42. The Morgan fingerprint density at radius 1 is 1.21 bits per heavy atom. The number of rotatable bonds is 0. The summed E-state index contributed by atoms with van der Waals surface area (Å²) < 4.78 is 5.42. The van der Waals surface area contributed by atoms with Crippen LogP contribution >= 0.6 is 0 Å². The van der Waals surface area contributed by atoms with Gasteiger partial charge >= 0.3 is 0 Å². The van der Waals surface area contributed by atoms with Crippen LogP contribution in [0.3, 0.4) is 0 Å². The second-order valence-corrected chi connectivity index (χ2v) is 3.52. The molecule has 0 radical (unpaired) electrons. The molecule has 1 aliphatic rings. The van der Waals surface area contributed by atoms with E-state index in [4.69, 9.17) is 4.74 Å². The van der Waals surface area contributed by atoms with E-state index in [1.54, 1.807) is 0 Å². The molecule has 0 saturated heterocycles. The van der Waals surface area contributed by atoms with Crippen molar-refractivity contribution in [1.29, 1.82) is 0 Å². The minimum absolute atomic E-state index is 0.807. The molecule has 2 rings (SSSR count). The average molecular weight is 193 g/mol. The first-order chi connectivity index (χ1) is 6.77. The number of fused-ring (bicyclic) bond motifs is 1. The first kappa shape index (κ1) is 11.2. The zero-order valence-electron chi connectivity index (χ0n) is 9.26. The summed E-state index contributed by atoms with van der Waals surface area (Å²) in [6.07, 6.45) is 1.08. The van der Waals surface area contributed by atoms with Gasteiger partial charge in [0.15, 0.2) is 0 Å². The van der Waals surface area contributed by atoms with Gasteiger partial charge < -0.3 is 10.5 Å². The minimum Gasteiger partial charge on any atom is -0.376 e. The summed E-state index contributed by atoms with van der Waals surface area (Å²) in [6.45, 7) is 6.01. The SMILES string of the molecule is CN.Cc1cc(C)c2c(c1)CCOC2. The van der Waals surface area contributed by atoms with Crippen LogP contribution in [0.4, 0.5) is 0 Å². The summed E-state index contributed by atoms with van der Waals surface area (Å²) in [4.78, 5) is 0. The summed E-state index contributed by atoms with van der Waals surface area (Å²) in [7, 11) is 1.50. The fourth-order valence-corrected chi connectivity index (χ4v) is 1.87. The average Bonchev–Trinajstić information content (AvgIpc) is 2.20. The van der Waals surface area contributed by atoms with Gasteiger partial charge in [-0.05, 0) is 44.0 Å².